The molecule has 1 rings (SSSR count). The fraction of sp³-hybridized carbons (Fsp3) is 0.750. The molecule has 1 aromatic rings. The predicted molar refractivity (Wildman–Crippen MR) is 113 cm³/mol. The first-order valence-corrected chi connectivity index (χ1v) is 10.6. The Hall–Kier alpha value is -1.51. The molecule has 0 aliphatic heterocycles. The molecule has 8 heteroatoms. The highest BCUT2D eigenvalue weighted by molar-refractivity contribution is 7.15. The zero-order valence-corrected chi connectivity index (χ0v) is 18.9. The van der Waals surface area contributed by atoms with E-state index < -0.39 is 18.1 Å². The Kier molecular flexibility index (Phi) is 9.53. The van der Waals surface area contributed by atoms with E-state index in [1.807, 2.05) is 0 Å². The molecule has 0 aromatic carbocycles. The maximum absolute atomic E-state index is 12.3. The van der Waals surface area contributed by atoms with Crippen molar-refractivity contribution in [1.29, 1.82) is 0 Å². The van der Waals surface area contributed by atoms with Crippen molar-refractivity contribution in [2.75, 3.05) is 12.4 Å². The first kappa shape index (κ1) is 24.5. The van der Waals surface area contributed by atoms with E-state index in [1.54, 1.807) is 34.1 Å². The van der Waals surface area contributed by atoms with Crippen LogP contribution in [0.25, 0.3) is 0 Å². The minimum Gasteiger partial charge on any atom is -0.383 e. The monoisotopic (exact) mass is 413 g/mol. The molecule has 1 heterocycles. The zero-order valence-electron chi connectivity index (χ0n) is 18.0. The molecule has 3 N–H and O–H groups in total. The van der Waals surface area contributed by atoms with Gasteiger partial charge in [-0.05, 0) is 51.9 Å². The van der Waals surface area contributed by atoms with Gasteiger partial charge >= 0.3 is 0 Å². The molecular weight excluding hydrogens is 378 g/mol. The summed E-state index contributed by atoms with van der Waals surface area (Å²) in [4.78, 5) is 29.5. The van der Waals surface area contributed by atoms with Gasteiger partial charge in [-0.25, -0.2) is 4.98 Å². The van der Waals surface area contributed by atoms with E-state index in [-0.39, 0.29) is 17.4 Å². The number of aliphatic hydroxyl groups excluding tert-OH is 1. The highest BCUT2D eigenvalue weighted by Crippen LogP contribution is 2.30. The van der Waals surface area contributed by atoms with Crippen molar-refractivity contribution in [2.24, 2.45) is 5.92 Å². The molecule has 0 spiro atoms. The van der Waals surface area contributed by atoms with Gasteiger partial charge in [0.05, 0.1) is 5.60 Å². The molecule has 2 amide bonds. The summed E-state index contributed by atoms with van der Waals surface area (Å²) >= 11 is 1.44. The molecule has 0 aliphatic rings. The average molecular weight is 414 g/mol. The average Bonchev–Trinajstić information content (AvgIpc) is 3.09. The Balaban J connectivity index is 2.52. The third-order valence-corrected chi connectivity index (χ3v) is 6.00. The minimum atomic E-state index is -1.13. The number of methoxy groups -OCH3 is 1. The number of nitrogens with one attached hydrogen (secondary N) is 2. The normalized spacial score (nSPS) is 15.2. The van der Waals surface area contributed by atoms with Gasteiger partial charge in [0.1, 0.15) is 12.1 Å². The fourth-order valence-corrected chi connectivity index (χ4v) is 3.44. The number of hydrogen-bond acceptors (Lipinski definition) is 6. The number of rotatable bonds is 11. The summed E-state index contributed by atoms with van der Waals surface area (Å²) in [5.74, 6) is -0.786. The second kappa shape index (κ2) is 10.9. The van der Waals surface area contributed by atoms with Crippen molar-refractivity contribution in [1.82, 2.24) is 10.3 Å². The quantitative estimate of drug-likeness (QED) is 0.517. The van der Waals surface area contributed by atoms with E-state index in [4.69, 9.17) is 4.74 Å². The van der Waals surface area contributed by atoms with E-state index in [0.29, 0.717) is 11.0 Å². The van der Waals surface area contributed by atoms with E-state index in [2.05, 4.69) is 36.4 Å². The van der Waals surface area contributed by atoms with Gasteiger partial charge in [-0.1, -0.05) is 20.8 Å². The molecule has 0 fully saturated rings. The lowest BCUT2D eigenvalue weighted by Crippen LogP contribution is -2.47. The largest absolute Gasteiger partial charge is 0.383 e. The highest BCUT2D eigenvalue weighted by Gasteiger charge is 2.24. The van der Waals surface area contributed by atoms with Gasteiger partial charge in [0, 0.05) is 18.2 Å². The Morgan fingerprint density at radius 1 is 1.25 bits per heavy atom. The molecule has 0 radical (unpaired) electrons. The zero-order chi connectivity index (χ0) is 21.5. The fourth-order valence-electron chi connectivity index (χ4n) is 2.53. The summed E-state index contributed by atoms with van der Waals surface area (Å²) in [6, 6.07) is -0.762. The SMILES string of the molecule is COC(C)(C)CCCC(C)c1cnc(NC(=O)C(C)NC(=O)C(O)C(C)C)s1. The topological polar surface area (TPSA) is 101 Å². The molecule has 0 aliphatic carbocycles. The lowest BCUT2D eigenvalue weighted by atomic mass is 9.96. The lowest BCUT2D eigenvalue weighted by molar-refractivity contribution is -0.134. The van der Waals surface area contributed by atoms with Gasteiger partial charge in [-0.3, -0.25) is 9.59 Å². The molecule has 0 saturated heterocycles. The van der Waals surface area contributed by atoms with Gasteiger partial charge < -0.3 is 20.5 Å². The Morgan fingerprint density at radius 2 is 1.89 bits per heavy atom. The predicted octanol–water partition coefficient (Wildman–Crippen LogP) is 3.30. The number of nitrogens with zero attached hydrogens (tertiary/aromatic N) is 1. The van der Waals surface area contributed by atoms with Gasteiger partial charge in [0.2, 0.25) is 11.8 Å². The summed E-state index contributed by atoms with van der Waals surface area (Å²) < 4.78 is 5.45. The van der Waals surface area contributed by atoms with Crippen molar-refractivity contribution in [3.05, 3.63) is 11.1 Å². The number of aliphatic hydroxyl groups is 1. The first-order valence-electron chi connectivity index (χ1n) is 9.77. The summed E-state index contributed by atoms with van der Waals surface area (Å²) in [6.45, 7) is 11.4. The maximum atomic E-state index is 12.3. The van der Waals surface area contributed by atoms with Crippen molar-refractivity contribution in [3.63, 3.8) is 0 Å². The Bertz CT molecular complexity index is 645. The number of amides is 2. The van der Waals surface area contributed by atoms with Crippen LogP contribution in [0.15, 0.2) is 6.20 Å². The molecule has 0 saturated carbocycles. The molecule has 1 aromatic heterocycles. The number of thiazole rings is 1. The summed E-state index contributed by atoms with van der Waals surface area (Å²) in [7, 11) is 1.73. The van der Waals surface area contributed by atoms with E-state index in [9.17, 15) is 14.7 Å². The van der Waals surface area contributed by atoms with E-state index in [1.165, 1.54) is 11.3 Å². The highest BCUT2D eigenvalue weighted by atomic mass is 32.1. The summed E-state index contributed by atoms with van der Waals surface area (Å²) in [6.07, 6.45) is 3.70. The molecule has 0 bridgehead atoms. The summed E-state index contributed by atoms with van der Waals surface area (Å²) in [5, 5.41) is 15.5. The maximum Gasteiger partial charge on any atom is 0.249 e. The van der Waals surface area contributed by atoms with Crippen LogP contribution < -0.4 is 10.6 Å². The lowest BCUT2D eigenvalue weighted by Gasteiger charge is -2.23. The van der Waals surface area contributed by atoms with Crippen LogP contribution in [0.1, 0.15) is 71.6 Å². The third kappa shape index (κ3) is 7.85. The van der Waals surface area contributed by atoms with Crippen LogP contribution in [0.2, 0.25) is 0 Å². The van der Waals surface area contributed by atoms with Crippen LogP contribution in [0.5, 0.6) is 0 Å². The number of carbonyl (C=O) groups is 2. The van der Waals surface area contributed by atoms with Crippen molar-refractivity contribution < 1.29 is 19.4 Å². The number of hydrogen-bond donors (Lipinski definition) is 3. The number of ether oxygens (including phenoxy) is 1. The van der Waals surface area contributed by atoms with Crippen LogP contribution in [0, 0.1) is 5.92 Å². The second-order valence-electron chi connectivity index (χ2n) is 8.23. The van der Waals surface area contributed by atoms with Crippen LogP contribution in [0.4, 0.5) is 5.13 Å². The van der Waals surface area contributed by atoms with Gasteiger partial charge in [-0.15, -0.1) is 11.3 Å². The third-order valence-electron chi connectivity index (χ3n) is 4.86. The van der Waals surface area contributed by atoms with Gasteiger partial charge in [-0.2, -0.15) is 0 Å². The van der Waals surface area contributed by atoms with Crippen LogP contribution in [-0.2, 0) is 14.3 Å². The standard InChI is InChI=1S/C20H35N3O4S/c1-12(2)16(24)18(26)22-14(4)17(25)23-19-21-11-15(28-19)13(3)9-8-10-20(5,6)27-7/h11-14,16,24H,8-10H2,1-7H3,(H,22,26)(H,21,23,25). The van der Waals surface area contributed by atoms with Crippen LogP contribution >= 0.6 is 11.3 Å². The molecule has 7 nitrogen and oxygen atoms in total. The van der Waals surface area contributed by atoms with E-state index >= 15 is 0 Å². The molecule has 3 unspecified atom stereocenters. The van der Waals surface area contributed by atoms with Crippen molar-refractivity contribution in [3.8, 4) is 0 Å². The Labute approximate surface area is 172 Å². The van der Waals surface area contributed by atoms with Crippen LogP contribution in [-0.4, -0.2) is 46.8 Å². The Morgan fingerprint density at radius 3 is 2.46 bits per heavy atom. The molecular formula is C20H35N3O4S. The first-order chi connectivity index (χ1) is 13.0. The van der Waals surface area contributed by atoms with Crippen LogP contribution in [0.3, 0.4) is 0 Å². The smallest absolute Gasteiger partial charge is 0.249 e. The minimum absolute atomic E-state index is 0.115. The van der Waals surface area contributed by atoms with Gasteiger partial charge in [0.25, 0.3) is 0 Å². The molecule has 28 heavy (non-hydrogen) atoms. The van der Waals surface area contributed by atoms with Crippen molar-refractivity contribution >= 4 is 28.3 Å². The second-order valence-corrected chi connectivity index (χ2v) is 9.30. The van der Waals surface area contributed by atoms with Gasteiger partial charge in [0.15, 0.2) is 5.13 Å². The van der Waals surface area contributed by atoms with Crippen molar-refractivity contribution in [2.45, 2.75) is 84.5 Å². The summed E-state index contributed by atoms with van der Waals surface area (Å²) in [5.41, 5.74) is -0.115. The molecule has 3 atom stereocenters. The van der Waals surface area contributed by atoms with E-state index in [0.717, 1.165) is 24.1 Å². The number of anilines is 1. The number of aromatic nitrogens is 1. The number of carbonyl (C=O) groups excluding carboxylic acids is 2. The molecule has 160 valence electrons.